The van der Waals surface area contributed by atoms with Crippen LogP contribution in [-0.2, 0) is 18.4 Å². The number of rotatable bonds is 3. The molecule has 0 amide bonds. The third-order valence-electron chi connectivity index (χ3n) is 2.67. The summed E-state index contributed by atoms with van der Waals surface area (Å²) in [6.07, 6.45) is 24.2. The summed E-state index contributed by atoms with van der Waals surface area (Å²) in [7, 11) is 0. The Morgan fingerprint density at radius 3 is 1.25 bits per heavy atom. The Bertz CT molecular complexity index is 398. The van der Waals surface area contributed by atoms with Crippen LogP contribution in [0, 0.1) is 0 Å². The quantitative estimate of drug-likeness (QED) is 0.634. The average molecular weight is 392 g/mol. The van der Waals surface area contributed by atoms with Gasteiger partial charge in [-0.15, -0.1) is 0 Å². The molecular formula is C15H15Au. The van der Waals surface area contributed by atoms with E-state index < -0.39 is 18.4 Å². The molecule has 0 spiro atoms. The Morgan fingerprint density at radius 1 is 0.625 bits per heavy atom. The van der Waals surface area contributed by atoms with Gasteiger partial charge in [0, 0.05) is 0 Å². The first-order valence-corrected chi connectivity index (χ1v) is 8.85. The first kappa shape index (κ1) is 10.3. The van der Waals surface area contributed by atoms with Crippen molar-refractivity contribution < 1.29 is 18.4 Å². The summed E-state index contributed by atoms with van der Waals surface area (Å²) in [5, 5.41) is 0. The van der Waals surface area contributed by atoms with E-state index in [0.717, 1.165) is 0 Å². The molecule has 3 aliphatic carbocycles. The molecule has 0 aliphatic heterocycles. The van der Waals surface area contributed by atoms with E-state index >= 15 is 0 Å². The molecule has 3 aliphatic rings. The third-order valence-corrected chi connectivity index (χ3v) is 9.26. The van der Waals surface area contributed by atoms with Crippen LogP contribution in [0.4, 0.5) is 0 Å². The van der Waals surface area contributed by atoms with E-state index in [0.29, 0.717) is 0 Å². The van der Waals surface area contributed by atoms with Crippen molar-refractivity contribution in [2.45, 2.75) is 19.3 Å². The monoisotopic (exact) mass is 392 g/mol. The van der Waals surface area contributed by atoms with Crippen molar-refractivity contribution in [2.75, 3.05) is 0 Å². The van der Waals surface area contributed by atoms with E-state index in [9.17, 15) is 0 Å². The molecule has 0 atom stereocenters. The Kier molecular flexibility index (Phi) is 2.96. The number of hydrogen-bond donors (Lipinski definition) is 0. The topological polar surface area (TPSA) is 0 Å². The second-order valence-corrected chi connectivity index (χ2v) is 9.62. The molecule has 0 radical (unpaired) electrons. The van der Waals surface area contributed by atoms with E-state index in [1.165, 1.54) is 19.3 Å². The summed E-state index contributed by atoms with van der Waals surface area (Å²) in [6.45, 7) is 0. The average Bonchev–Trinajstić information content (AvgIpc) is 3.02. The summed E-state index contributed by atoms with van der Waals surface area (Å²) in [4.78, 5) is 0. The molecule has 0 saturated heterocycles. The zero-order chi connectivity index (χ0) is 10.8. The van der Waals surface area contributed by atoms with Gasteiger partial charge >= 0.3 is 104 Å². The van der Waals surface area contributed by atoms with Crippen molar-refractivity contribution in [1.82, 2.24) is 0 Å². The van der Waals surface area contributed by atoms with E-state index in [-0.39, 0.29) is 0 Å². The predicted molar refractivity (Wildman–Crippen MR) is 65.5 cm³/mol. The van der Waals surface area contributed by atoms with Crippen molar-refractivity contribution in [1.29, 1.82) is 0 Å². The van der Waals surface area contributed by atoms with Gasteiger partial charge in [-0.1, -0.05) is 0 Å². The van der Waals surface area contributed by atoms with Gasteiger partial charge in [-0.3, -0.25) is 0 Å². The molecular weight excluding hydrogens is 377 g/mol. The molecule has 16 heavy (non-hydrogen) atoms. The molecule has 0 fully saturated rings. The van der Waals surface area contributed by atoms with Gasteiger partial charge in [-0.05, 0) is 0 Å². The molecule has 0 nitrogen and oxygen atoms in total. The van der Waals surface area contributed by atoms with Crippen molar-refractivity contribution in [2.24, 2.45) is 0 Å². The molecule has 0 aromatic heterocycles. The first-order valence-electron chi connectivity index (χ1n) is 5.60. The summed E-state index contributed by atoms with van der Waals surface area (Å²) >= 11 is -1.10. The minimum atomic E-state index is -1.10. The van der Waals surface area contributed by atoms with E-state index in [2.05, 4.69) is 54.7 Å². The fourth-order valence-corrected chi connectivity index (χ4v) is 8.40. The second-order valence-electron chi connectivity index (χ2n) is 3.82. The van der Waals surface area contributed by atoms with Crippen LogP contribution in [0.25, 0.3) is 0 Å². The zero-order valence-corrected chi connectivity index (χ0v) is 11.3. The Morgan fingerprint density at radius 2 is 1.00 bits per heavy atom. The first-order chi connectivity index (χ1) is 7.95. The third kappa shape index (κ3) is 1.89. The molecule has 0 unspecified atom stereocenters. The molecule has 0 aromatic rings. The van der Waals surface area contributed by atoms with Crippen molar-refractivity contribution in [3.05, 3.63) is 66.1 Å². The molecule has 0 N–H and O–H groups in total. The summed E-state index contributed by atoms with van der Waals surface area (Å²) in [5.74, 6) is 0. The van der Waals surface area contributed by atoms with Crippen LogP contribution < -0.4 is 0 Å². The van der Waals surface area contributed by atoms with Gasteiger partial charge in [-0.2, -0.15) is 0 Å². The molecule has 0 saturated carbocycles. The van der Waals surface area contributed by atoms with E-state index in [1.54, 1.807) is 11.4 Å². The van der Waals surface area contributed by atoms with Crippen molar-refractivity contribution in [3.8, 4) is 0 Å². The van der Waals surface area contributed by atoms with Gasteiger partial charge in [0.05, 0.1) is 0 Å². The van der Waals surface area contributed by atoms with Crippen molar-refractivity contribution >= 4 is 0 Å². The van der Waals surface area contributed by atoms with Gasteiger partial charge < -0.3 is 0 Å². The van der Waals surface area contributed by atoms with Gasteiger partial charge in [0.15, 0.2) is 0 Å². The van der Waals surface area contributed by atoms with Crippen LogP contribution in [-0.4, -0.2) is 0 Å². The van der Waals surface area contributed by atoms with Crippen LogP contribution in [0.1, 0.15) is 19.3 Å². The summed E-state index contributed by atoms with van der Waals surface area (Å²) < 4.78 is 5.12. The Hall–Kier alpha value is -0.820. The van der Waals surface area contributed by atoms with Crippen molar-refractivity contribution in [3.63, 3.8) is 0 Å². The van der Waals surface area contributed by atoms with Crippen LogP contribution in [0.3, 0.4) is 0 Å². The van der Waals surface area contributed by atoms with Gasteiger partial charge in [0.1, 0.15) is 0 Å². The minimum absolute atomic E-state index is 1.10. The Labute approximate surface area is 104 Å². The fraction of sp³-hybridized carbons (Fsp3) is 0.200. The maximum absolute atomic E-state index is 2.36. The SMILES string of the molecule is C1=CC[C]([Au]([C]2=CC=CC2)[C]2=CC=CC2)=C1. The molecule has 3 rings (SSSR count). The molecule has 0 aromatic carbocycles. The van der Waals surface area contributed by atoms with Gasteiger partial charge in [0.2, 0.25) is 0 Å². The second kappa shape index (κ2) is 4.58. The standard InChI is InChI=1S/3C5H5.Au/c3*1-2-4-5-3-1;/h3*1-3H,4H2;. The predicted octanol–water partition coefficient (Wildman–Crippen LogP) is 4.14. The number of hydrogen-bond acceptors (Lipinski definition) is 0. The molecule has 0 heterocycles. The van der Waals surface area contributed by atoms with Gasteiger partial charge in [0.25, 0.3) is 0 Å². The zero-order valence-electron chi connectivity index (χ0n) is 9.12. The van der Waals surface area contributed by atoms with Crippen LogP contribution in [0.5, 0.6) is 0 Å². The Balaban J connectivity index is 1.89. The summed E-state index contributed by atoms with van der Waals surface area (Å²) in [6, 6.07) is 0. The molecule has 0 bridgehead atoms. The molecule has 1 heteroatoms. The normalized spacial score (nSPS) is 22.5. The van der Waals surface area contributed by atoms with Crippen LogP contribution >= 0.6 is 0 Å². The fourth-order valence-electron chi connectivity index (χ4n) is 1.92. The number of allylic oxidation sites excluding steroid dienone is 12. The molecule has 86 valence electrons. The van der Waals surface area contributed by atoms with E-state index in [4.69, 9.17) is 0 Å². The van der Waals surface area contributed by atoms with Crippen LogP contribution in [0.2, 0.25) is 0 Å². The van der Waals surface area contributed by atoms with E-state index in [1.807, 2.05) is 0 Å². The van der Waals surface area contributed by atoms with Gasteiger partial charge in [-0.25, -0.2) is 0 Å². The summed E-state index contributed by atoms with van der Waals surface area (Å²) in [5.41, 5.74) is 0. The maximum atomic E-state index is 2.36. The van der Waals surface area contributed by atoms with Crippen LogP contribution in [0.15, 0.2) is 66.1 Å².